The van der Waals surface area contributed by atoms with Crippen LogP contribution in [-0.4, -0.2) is 6.04 Å². The second kappa shape index (κ2) is 6.20. The van der Waals surface area contributed by atoms with Crippen molar-refractivity contribution in [1.82, 2.24) is 5.32 Å². The Labute approximate surface area is 107 Å². The van der Waals surface area contributed by atoms with E-state index in [9.17, 15) is 0 Å². The number of hydrogen-bond donors (Lipinski definition) is 1. The number of rotatable bonds is 5. The first kappa shape index (κ1) is 14.2. The highest BCUT2D eigenvalue weighted by Gasteiger charge is 2.10. The maximum atomic E-state index is 3.65. The molecule has 0 radical (unpaired) electrons. The van der Waals surface area contributed by atoms with E-state index in [-0.39, 0.29) is 0 Å². The lowest BCUT2D eigenvalue weighted by Gasteiger charge is -2.21. The van der Waals surface area contributed by atoms with Gasteiger partial charge in [-0.1, -0.05) is 38.0 Å². The summed E-state index contributed by atoms with van der Waals surface area (Å²) >= 11 is 0. The molecule has 96 valence electrons. The zero-order valence-electron chi connectivity index (χ0n) is 12.2. The average Bonchev–Trinajstić information content (AvgIpc) is 2.26. The first-order valence-corrected chi connectivity index (χ1v) is 6.75. The fourth-order valence-corrected chi connectivity index (χ4v) is 2.31. The van der Waals surface area contributed by atoms with Crippen molar-refractivity contribution in [2.45, 2.75) is 60.5 Å². The zero-order valence-corrected chi connectivity index (χ0v) is 12.2. The van der Waals surface area contributed by atoms with E-state index in [1.807, 2.05) is 0 Å². The molecule has 1 aromatic carbocycles. The van der Waals surface area contributed by atoms with E-state index in [2.05, 4.69) is 59.0 Å². The molecule has 1 heteroatoms. The minimum atomic E-state index is 0.583. The van der Waals surface area contributed by atoms with Gasteiger partial charge in [-0.25, -0.2) is 0 Å². The van der Waals surface area contributed by atoms with Crippen LogP contribution in [0.2, 0.25) is 0 Å². The van der Waals surface area contributed by atoms with Gasteiger partial charge in [-0.3, -0.25) is 0 Å². The van der Waals surface area contributed by atoms with Crippen molar-refractivity contribution in [3.05, 3.63) is 34.4 Å². The monoisotopic (exact) mass is 233 g/mol. The van der Waals surface area contributed by atoms with Crippen molar-refractivity contribution in [3.63, 3.8) is 0 Å². The summed E-state index contributed by atoms with van der Waals surface area (Å²) in [6.45, 7) is 14.4. The van der Waals surface area contributed by atoms with Gasteiger partial charge in [0.2, 0.25) is 0 Å². The lowest BCUT2D eigenvalue weighted by atomic mass is 9.97. The van der Waals surface area contributed by atoms with Gasteiger partial charge in [0.05, 0.1) is 0 Å². The normalized spacial score (nSPS) is 14.7. The van der Waals surface area contributed by atoms with Gasteiger partial charge in [0.1, 0.15) is 0 Å². The minimum Gasteiger partial charge on any atom is -0.310 e. The van der Waals surface area contributed by atoms with E-state index >= 15 is 0 Å². The van der Waals surface area contributed by atoms with Crippen molar-refractivity contribution in [2.75, 3.05) is 0 Å². The maximum Gasteiger partial charge on any atom is 0.0213 e. The van der Waals surface area contributed by atoms with Crippen molar-refractivity contribution in [1.29, 1.82) is 0 Å². The summed E-state index contributed by atoms with van der Waals surface area (Å²) in [5, 5.41) is 3.65. The summed E-state index contributed by atoms with van der Waals surface area (Å²) in [5.74, 6) is 0.737. The Balaban J connectivity index is 2.70. The molecule has 1 N–H and O–H groups in total. The molecule has 0 aliphatic rings. The Hall–Kier alpha value is -0.820. The van der Waals surface area contributed by atoms with Gasteiger partial charge in [0, 0.05) is 12.6 Å². The van der Waals surface area contributed by atoms with Gasteiger partial charge in [-0.15, -0.1) is 0 Å². The average molecular weight is 233 g/mol. The van der Waals surface area contributed by atoms with Crippen molar-refractivity contribution < 1.29 is 0 Å². The van der Waals surface area contributed by atoms with Crippen molar-refractivity contribution in [2.24, 2.45) is 5.92 Å². The van der Waals surface area contributed by atoms with Crippen molar-refractivity contribution >= 4 is 0 Å². The molecule has 0 spiro atoms. The van der Waals surface area contributed by atoms with Crippen LogP contribution in [0.1, 0.15) is 49.4 Å². The number of hydrogen-bond acceptors (Lipinski definition) is 1. The van der Waals surface area contributed by atoms with Gasteiger partial charge in [0.25, 0.3) is 0 Å². The quantitative estimate of drug-likeness (QED) is 0.806. The molecule has 0 saturated heterocycles. The molecule has 17 heavy (non-hydrogen) atoms. The first-order valence-electron chi connectivity index (χ1n) is 6.75. The Morgan fingerprint density at radius 2 is 1.59 bits per heavy atom. The Kier molecular flexibility index (Phi) is 5.20. The zero-order chi connectivity index (χ0) is 13.0. The van der Waals surface area contributed by atoms with Crippen LogP contribution < -0.4 is 5.32 Å². The molecule has 0 heterocycles. The van der Waals surface area contributed by atoms with Gasteiger partial charge < -0.3 is 5.32 Å². The number of aryl methyl sites for hydroxylation is 3. The van der Waals surface area contributed by atoms with Crippen LogP contribution in [-0.2, 0) is 6.54 Å². The molecule has 0 aliphatic carbocycles. The molecule has 1 nitrogen and oxygen atoms in total. The molecular weight excluding hydrogens is 206 g/mol. The van der Waals surface area contributed by atoms with E-state index in [1.165, 1.54) is 28.7 Å². The molecule has 0 aromatic heterocycles. The minimum absolute atomic E-state index is 0.583. The summed E-state index contributed by atoms with van der Waals surface area (Å²) in [6, 6.07) is 5.13. The Bertz CT molecular complexity index is 345. The lowest BCUT2D eigenvalue weighted by molar-refractivity contribution is 0.389. The number of nitrogens with one attached hydrogen (secondary N) is 1. The summed E-state index contributed by atoms with van der Waals surface area (Å²) in [6.07, 6.45) is 1.24. The van der Waals surface area contributed by atoms with E-state index in [4.69, 9.17) is 0 Å². The molecule has 0 bridgehead atoms. The third-order valence-corrected chi connectivity index (χ3v) is 3.94. The van der Waals surface area contributed by atoms with E-state index < -0.39 is 0 Å². The SMILES string of the molecule is CCC(C)C(C)NCc1c(C)cc(C)cc1C. The van der Waals surface area contributed by atoms with E-state index in [0.717, 1.165) is 12.5 Å². The third-order valence-electron chi connectivity index (χ3n) is 3.94. The molecule has 0 aliphatic heterocycles. The van der Waals surface area contributed by atoms with E-state index in [1.54, 1.807) is 0 Å². The van der Waals surface area contributed by atoms with Gasteiger partial charge >= 0.3 is 0 Å². The van der Waals surface area contributed by atoms with Crippen LogP contribution in [0.3, 0.4) is 0 Å². The van der Waals surface area contributed by atoms with Crippen LogP contribution in [0.5, 0.6) is 0 Å². The highest BCUT2D eigenvalue weighted by Crippen LogP contribution is 2.17. The standard InChI is InChI=1S/C16H27N/c1-7-12(3)15(6)17-10-16-13(4)8-11(2)9-14(16)5/h8-9,12,15,17H,7,10H2,1-6H3. The molecule has 0 fully saturated rings. The highest BCUT2D eigenvalue weighted by molar-refractivity contribution is 5.37. The van der Waals surface area contributed by atoms with Gasteiger partial charge in [-0.05, 0) is 50.3 Å². The molecule has 2 atom stereocenters. The molecule has 0 amide bonds. The molecular formula is C16H27N. The van der Waals surface area contributed by atoms with Gasteiger partial charge in [0.15, 0.2) is 0 Å². The van der Waals surface area contributed by atoms with Crippen LogP contribution in [0.4, 0.5) is 0 Å². The molecule has 1 rings (SSSR count). The topological polar surface area (TPSA) is 12.0 Å². The third kappa shape index (κ3) is 3.85. The lowest BCUT2D eigenvalue weighted by Crippen LogP contribution is -2.31. The maximum absolute atomic E-state index is 3.65. The van der Waals surface area contributed by atoms with Crippen LogP contribution in [0.25, 0.3) is 0 Å². The summed E-state index contributed by atoms with van der Waals surface area (Å²) < 4.78 is 0. The molecule has 1 aromatic rings. The summed E-state index contributed by atoms with van der Waals surface area (Å²) in [4.78, 5) is 0. The Morgan fingerprint density at radius 3 is 2.06 bits per heavy atom. The summed E-state index contributed by atoms with van der Waals surface area (Å²) in [7, 11) is 0. The first-order chi connectivity index (χ1) is 7.95. The fraction of sp³-hybridized carbons (Fsp3) is 0.625. The van der Waals surface area contributed by atoms with Crippen LogP contribution in [0.15, 0.2) is 12.1 Å². The van der Waals surface area contributed by atoms with Gasteiger partial charge in [-0.2, -0.15) is 0 Å². The van der Waals surface area contributed by atoms with Crippen molar-refractivity contribution in [3.8, 4) is 0 Å². The smallest absolute Gasteiger partial charge is 0.0213 e. The number of benzene rings is 1. The van der Waals surface area contributed by atoms with E-state index in [0.29, 0.717) is 6.04 Å². The molecule has 0 saturated carbocycles. The fourth-order valence-electron chi connectivity index (χ4n) is 2.31. The summed E-state index contributed by atoms with van der Waals surface area (Å²) in [5.41, 5.74) is 5.64. The molecule has 2 unspecified atom stereocenters. The second-order valence-corrected chi connectivity index (χ2v) is 5.43. The van der Waals surface area contributed by atoms with Crippen LogP contribution >= 0.6 is 0 Å². The van der Waals surface area contributed by atoms with Crippen LogP contribution in [0, 0.1) is 26.7 Å². The predicted molar refractivity (Wildman–Crippen MR) is 76.4 cm³/mol. The highest BCUT2D eigenvalue weighted by atomic mass is 14.9. The Morgan fingerprint density at radius 1 is 1.06 bits per heavy atom. The predicted octanol–water partition coefficient (Wildman–Crippen LogP) is 4.14. The second-order valence-electron chi connectivity index (χ2n) is 5.43. The largest absolute Gasteiger partial charge is 0.310 e.